The Morgan fingerprint density at radius 1 is 1.06 bits per heavy atom. The summed E-state index contributed by atoms with van der Waals surface area (Å²) in [6.45, 7) is 1.68. The summed E-state index contributed by atoms with van der Waals surface area (Å²) in [6, 6.07) is 8.89. The molecule has 11 heteroatoms. The number of hydrogen-bond donors (Lipinski definition) is 0. The molecule has 0 saturated heterocycles. The minimum Gasteiger partial charge on any atom is -0.465 e. The van der Waals surface area contributed by atoms with E-state index in [9.17, 15) is 26.7 Å². The number of hydrogen-bond acceptors (Lipinski definition) is 5. The van der Waals surface area contributed by atoms with Gasteiger partial charge in [0.2, 0.25) is 5.88 Å². The second-order valence-electron chi connectivity index (χ2n) is 7.09. The number of aromatic nitrogens is 3. The number of alkyl halides is 3. The Morgan fingerprint density at radius 3 is 2.56 bits per heavy atom. The Morgan fingerprint density at radius 2 is 1.85 bits per heavy atom. The van der Waals surface area contributed by atoms with E-state index < -0.39 is 34.8 Å². The summed E-state index contributed by atoms with van der Waals surface area (Å²) in [6.07, 6.45) is -3.55. The minimum atomic E-state index is -4.69. The molecule has 0 aliphatic carbocycles. The number of rotatable bonds is 6. The van der Waals surface area contributed by atoms with Crippen molar-refractivity contribution in [1.82, 2.24) is 14.5 Å². The lowest BCUT2D eigenvalue weighted by Crippen LogP contribution is -2.18. The quantitative estimate of drug-likeness (QED) is 0.352. The minimum absolute atomic E-state index is 0.00652. The smallest absolute Gasteiger partial charge is 0.421 e. The van der Waals surface area contributed by atoms with Gasteiger partial charge < -0.3 is 9.47 Å². The van der Waals surface area contributed by atoms with E-state index in [0.717, 1.165) is 30.5 Å². The predicted molar refractivity (Wildman–Crippen MR) is 112 cm³/mol. The van der Waals surface area contributed by atoms with Gasteiger partial charge in [0.1, 0.15) is 22.9 Å². The Balaban J connectivity index is 1.81. The van der Waals surface area contributed by atoms with Gasteiger partial charge in [-0.25, -0.2) is 13.8 Å². The van der Waals surface area contributed by atoms with Gasteiger partial charge in [0.15, 0.2) is 0 Å². The van der Waals surface area contributed by atoms with Crippen molar-refractivity contribution in [2.75, 3.05) is 6.61 Å². The first-order valence-electron chi connectivity index (χ1n) is 9.98. The van der Waals surface area contributed by atoms with Crippen LogP contribution in [0.4, 0.5) is 22.0 Å². The lowest BCUT2D eigenvalue weighted by Gasteiger charge is -2.17. The van der Waals surface area contributed by atoms with E-state index in [2.05, 4.69) is 9.97 Å². The van der Waals surface area contributed by atoms with Crippen LogP contribution in [0.15, 0.2) is 59.5 Å². The van der Waals surface area contributed by atoms with Crippen LogP contribution < -0.4 is 15.0 Å². The molecular weight excluding hydrogens is 461 g/mol. The van der Waals surface area contributed by atoms with E-state index >= 15 is 0 Å². The van der Waals surface area contributed by atoms with Crippen molar-refractivity contribution in [3.63, 3.8) is 0 Å². The van der Waals surface area contributed by atoms with E-state index in [-0.39, 0.29) is 41.4 Å². The molecule has 0 aliphatic heterocycles. The highest BCUT2D eigenvalue weighted by molar-refractivity contribution is 5.80. The molecular formula is C23H16F5N3O3. The third kappa shape index (κ3) is 4.68. The monoisotopic (exact) mass is 477 g/mol. The summed E-state index contributed by atoms with van der Waals surface area (Å²) in [4.78, 5) is 20.2. The van der Waals surface area contributed by atoms with Gasteiger partial charge in [-0.3, -0.25) is 9.36 Å². The molecule has 0 bridgehead atoms. The molecule has 0 saturated carbocycles. The first-order chi connectivity index (χ1) is 16.2. The van der Waals surface area contributed by atoms with Gasteiger partial charge in [-0.2, -0.15) is 18.2 Å². The van der Waals surface area contributed by atoms with Gasteiger partial charge in [-0.15, -0.1) is 0 Å². The van der Waals surface area contributed by atoms with Crippen molar-refractivity contribution in [2.24, 2.45) is 0 Å². The van der Waals surface area contributed by atoms with Crippen molar-refractivity contribution in [3.8, 4) is 17.6 Å². The Bertz CT molecular complexity index is 1420. The van der Waals surface area contributed by atoms with Crippen molar-refractivity contribution < 1.29 is 31.4 Å². The summed E-state index contributed by atoms with van der Waals surface area (Å²) < 4.78 is 79.5. The molecule has 176 valence electrons. The van der Waals surface area contributed by atoms with E-state index in [4.69, 9.17) is 9.47 Å². The van der Waals surface area contributed by atoms with Gasteiger partial charge in [-0.1, -0.05) is 6.07 Å². The third-order valence-corrected chi connectivity index (χ3v) is 4.83. The number of nitrogens with zero attached hydrogens (tertiary/aromatic N) is 3. The van der Waals surface area contributed by atoms with Crippen LogP contribution in [0.25, 0.3) is 10.9 Å². The normalized spacial score (nSPS) is 11.6. The van der Waals surface area contributed by atoms with E-state index in [1.54, 1.807) is 6.92 Å². The molecule has 0 aliphatic rings. The lowest BCUT2D eigenvalue weighted by molar-refractivity contribution is -0.138. The zero-order valence-electron chi connectivity index (χ0n) is 17.6. The van der Waals surface area contributed by atoms with E-state index in [1.165, 1.54) is 28.8 Å². The number of ether oxygens (including phenoxy) is 2. The zero-order valence-corrected chi connectivity index (χ0v) is 17.6. The SMILES string of the molecule is CCOc1nc(=O)c2cc(Oc3ncccc3C(F)(F)F)ccc2n1Cc1ccc(F)cc1F. The molecule has 2 aromatic carbocycles. The fourth-order valence-corrected chi connectivity index (χ4v) is 3.31. The maximum absolute atomic E-state index is 14.3. The van der Waals surface area contributed by atoms with Crippen LogP contribution in [0.3, 0.4) is 0 Å². The lowest BCUT2D eigenvalue weighted by atomic mass is 10.2. The predicted octanol–water partition coefficient (Wildman–Crippen LogP) is 5.33. The molecule has 0 N–H and O–H groups in total. The molecule has 0 radical (unpaired) electrons. The average Bonchev–Trinajstić information content (AvgIpc) is 2.78. The molecule has 0 atom stereocenters. The average molecular weight is 477 g/mol. The molecule has 0 fully saturated rings. The fourth-order valence-electron chi connectivity index (χ4n) is 3.31. The molecule has 6 nitrogen and oxygen atoms in total. The van der Waals surface area contributed by atoms with Crippen LogP contribution >= 0.6 is 0 Å². The number of fused-ring (bicyclic) bond motifs is 1. The van der Waals surface area contributed by atoms with Crippen molar-refractivity contribution >= 4 is 10.9 Å². The Kier molecular flexibility index (Phi) is 6.18. The van der Waals surface area contributed by atoms with E-state index in [0.29, 0.717) is 0 Å². The standard InChI is InChI=1S/C23H16F5N3O3/c1-2-33-22-30-20(32)16-11-15(34-21-17(23(26,27)28)4-3-9-29-21)7-8-19(16)31(22)12-13-5-6-14(24)10-18(13)25/h3-11H,2,12H2,1H3. The highest BCUT2D eigenvalue weighted by Crippen LogP contribution is 2.37. The van der Waals surface area contributed by atoms with Gasteiger partial charge >= 0.3 is 6.18 Å². The fraction of sp³-hybridized carbons (Fsp3) is 0.174. The maximum atomic E-state index is 14.3. The first kappa shape index (κ1) is 23.1. The topological polar surface area (TPSA) is 66.2 Å². The van der Waals surface area contributed by atoms with Gasteiger partial charge in [0, 0.05) is 17.8 Å². The largest absolute Gasteiger partial charge is 0.465 e. The molecule has 0 unspecified atom stereocenters. The van der Waals surface area contributed by atoms with Gasteiger partial charge in [0.05, 0.1) is 24.1 Å². The number of pyridine rings is 1. The molecule has 2 aromatic heterocycles. The van der Waals surface area contributed by atoms with Gasteiger partial charge in [-0.05, 0) is 43.3 Å². The molecule has 2 heterocycles. The van der Waals surface area contributed by atoms with Crippen LogP contribution in [0.5, 0.6) is 17.6 Å². The number of halogens is 5. The van der Waals surface area contributed by atoms with Crippen molar-refractivity contribution in [2.45, 2.75) is 19.6 Å². The Labute approximate surface area is 189 Å². The maximum Gasteiger partial charge on any atom is 0.421 e. The first-order valence-corrected chi connectivity index (χ1v) is 9.98. The Hall–Kier alpha value is -4.02. The second kappa shape index (κ2) is 9.08. The van der Waals surface area contributed by atoms with E-state index in [1.807, 2.05) is 0 Å². The molecule has 4 aromatic rings. The summed E-state index contributed by atoms with van der Waals surface area (Å²) in [5.74, 6) is -2.31. The van der Waals surface area contributed by atoms with Crippen molar-refractivity contribution in [3.05, 3.63) is 87.8 Å². The third-order valence-electron chi connectivity index (χ3n) is 4.83. The highest BCUT2D eigenvalue weighted by Gasteiger charge is 2.35. The summed E-state index contributed by atoms with van der Waals surface area (Å²) in [5, 5.41) is -0.00652. The summed E-state index contributed by atoms with van der Waals surface area (Å²) >= 11 is 0. The van der Waals surface area contributed by atoms with Crippen LogP contribution in [-0.2, 0) is 12.7 Å². The summed E-state index contributed by atoms with van der Waals surface area (Å²) in [7, 11) is 0. The molecule has 0 spiro atoms. The van der Waals surface area contributed by atoms with Crippen LogP contribution in [0.1, 0.15) is 18.1 Å². The van der Waals surface area contributed by atoms with Crippen LogP contribution in [-0.4, -0.2) is 21.1 Å². The highest BCUT2D eigenvalue weighted by atomic mass is 19.4. The second-order valence-corrected chi connectivity index (χ2v) is 7.09. The number of benzene rings is 2. The molecule has 34 heavy (non-hydrogen) atoms. The zero-order chi connectivity index (χ0) is 24.5. The van der Waals surface area contributed by atoms with Gasteiger partial charge in [0.25, 0.3) is 11.6 Å². The summed E-state index contributed by atoms with van der Waals surface area (Å²) in [5.41, 5.74) is -1.43. The van der Waals surface area contributed by atoms with Crippen LogP contribution in [0.2, 0.25) is 0 Å². The molecule has 4 rings (SSSR count). The molecule has 0 amide bonds. The van der Waals surface area contributed by atoms with Crippen LogP contribution in [0, 0.1) is 11.6 Å². The van der Waals surface area contributed by atoms with Crippen molar-refractivity contribution in [1.29, 1.82) is 0 Å².